The Morgan fingerprint density at radius 2 is 1.56 bits per heavy atom. The molecule has 0 saturated carbocycles. The molecule has 3 rings (SSSR count). The molecule has 4 heteroatoms. The van der Waals surface area contributed by atoms with Crippen molar-refractivity contribution in [2.75, 3.05) is 6.61 Å². The highest BCUT2D eigenvalue weighted by molar-refractivity contribution is 5.43. The summed E-state index contributed by atoms with van der Waals surface area (Å²) in [6, 6.07) is 18.8. The van der Waals surface area contributed by atoms with Gasteiger partial charge in [0.05, 0.1) is 6.61 Å². The maximum Gasteiger partial charge on any atom is 0.137 e. The van der Waals surface area contributed by atoms with E-state index in [1.807, 2.05) is 29.8 Å². The smallest absolute Gasteiger partial charge is 0.137 e. The van der Waals surface area contributed by atoms with E-state index in [4.69, 9.17) is 4.74 Å². The molecule has 0 bridgehead atoms. The van der Waals surface area contributed by atoms with Crippen molar-refractivity contribution in [1.82, 2.24) is 14.8 Å². The van der Waals surface area contributed by atoms with Gasteiger partial charge in [-0.25, -0.2) is 9.67 Å². The van der Waals surface area contributed by atoms with Gasteiger partial charge in [0.2, 0.25) is 0 Å². The molecule has 25 heavy (non-hydrogen) atoms. The summed E-state index contributed by atoms with van der Waals surface area (Å²) in [4.78, 5) is 4.23. The minimum Gasteiger partial charge on any atom is -0.494 e. The first-order chi connectivity index (χ1) is 12.0. The number of hydrogen-bond acceptors (Lipinski definition) is 3. The molecule has 0 saturated heterocycles. The van der Waals surface area contributed by atoms with E-state index in [2.05, 4.69) is 67.3 Å². The lowest BCUT2D eigenvalue weighted by atomic mass is 9.65. The molecule has 0 aliphatic heterocycles. The summed E-state index contributed by atoms with van der Waals surface area (Å²) < 4.78 is 7.59. The molecule has 2 aromatic carbocycles. The maximum atomic E-state index is 5.62. The molecule has 1 aromatic heterocycles. The highest BCUT2D eigenvalue weighted by atomic mass is 16.5. The largest absolute Gasteiger partial charge is 0.494 e. The van der Waals surface area contributed by atoms with Crippen LogP contribution in [-0.4, -0.2) is 21.4 Å². The zero-order chi connectivity index (χ0) is 17.9. The van der Waals surface area contributed by atoms with Crippen molar-refractivity contribution in [1.29, 1.82) is 0 Å². The molecule has 1 unspecified atom stereocenters. The van der Waals surface area contributed by atoms with Crippen LogP contribution in [0.4, 0.5) is 0 Å². The third kappa shape index (κ3) is 2.93. The number of aromatic nitrogens is 3. The molecule has 1 atom stereocenters. The van der Waals surface area contributed by atoms with Crippen molar-refractivity contribution >= 4 is 0 Å². The molecule has 0 radical (unpaired) electrons. The second-order valence-corrected chi connectivity index (χ2v) is 7.12. The van der Waals surface area contributed by atoms with Gasteiger partial charge in [-0.05, 0) is 35.6 Å². The van der Waals surface area contributed by atoms with Gasteiger partial charge in [-0.1, -0.05) is 63.2 Å². The molecule has 0 spiro atoms. The molecule has 3 aromatic rings. The minimum absolute atomic E-state index is 0.144. The van der Waals surface area contributed by atoms with Crippen molar-refractivity contribution in [2.45, 2.75) is 33.2 Å². The molecule has 130 valence electrons. The van der Waals surface area contributed by atoms with Crippen molar-refractivity contribution < 1.29 is 4.74 Å². The Hall–Kier alpha value is -2.62. The highest BCUT2D eigenvalue weighted by Crippen LogP contribution is 2.47. The maximum absolute atomic E-state index is 5.62. The Bertz CT molecular complexity index is 789. The molecular formula is C21H25N3O. The van der Waals surface area contributed by atoms with Crippen LogP contribution in [0.15, 0.2) is 67.3 Å². The first kappa shape index (κ1) is 17.2. The number of benzene rings is 2. The molecule has 0 fully saturated rings. The average molecular weight is 335 g/mol. The number of ether oxygens (including phenoxy) is 1. The molecule has 0 aliphatic carbocycles. The van der Waals surface area contributed by atoms with Gasteiger partial charge in [-0.15, -0.1) is 0 Å². The number of hydrogen-bond donors (Lipinski definition) is 0. The lowest BCUT2D eigenvalue weighted by molar-refractivity contribution is 0.171. The van der Waals surface area contributed by atoms with Crippen molar-refractivity contribution in [2.24, 2.45) is 5.41 Å². The fraction of sp³-hybridized carbons (Fsp3) is 0.333. The fourth-order valence-electron chi connectivity index (χ4n) is 3.66. The van der Waals surface area contributed by atoms with E-state index >= 15 is 0 Å². The summed E-state index contributed by atoms with van der Waals surface area (Å²) in [7, 11) is 0. The van der Waals surface area contributed by atoms with Crippen LogP contribution in [0, 0.1) is 5.41 Å². The summed E-state index contributed by atoms with van der Waals surface area (Å²) in [5, 5.41) is 4.54. The molecule has 4 nitrogen and oxygen atoms in total. The first-order valence-corrected chi connectivity index (χ1v) is 8.64. The van der Waals surface area contributed by atoms with Crippen molar-refractivity contribution in [3.05, 3.63) is 78.4 Å². The van der Waals surface area contributed by atoms with E-state index in [1.165, 1.54) is 5.56 Å². The topological polar surface area (TPSA) is 39.9 Å². The van der Waals surface area contributed by atoms with Gasteiger partial charge < -0.3 is 4.74 Å². The van der Waals surface area contributed by atoms with E-state index < -0.39 is 5.54 Å². The van der Waals surface area contributed by atoms with Crippen LogP contribution in [0.2, 0.25) is 0 Å². The van der Waals surface area contributed by atoms with Crippen LogP contribution in [0.5, 0.6) is 5.75 Å². The quantitative estimate of drug-likeness (QED) is 0.688. The predicted molar refractivity (Wildman–Crippen MR) is 99.7 cm³/mol. The van der Waals surface area contributed by atoms with Crippen LogP contribution in [0.3, 0.4) is 0 Å². The fourth-order valence-corrected chi connectivity index (χ4v) is 3.66. The SMILES string of the molecule is CCOc1ccc(C(c2ccccc2)(n2cncn2)C(C)(C)C)cc1. The van der Waals surface area contributed by atoms with Gasteiger partial charge in [0.1, 0.15) is 23.9 Å². The Morgan fingerprint density at radius 1 is 0.920 bits per heavy atom. The molecule has 0 amide bonds. The van der Waals surface area contributed by atoms with Crippen LogP contribution >= 0.6 is 0 Å². The second-order valence-electron chi connectivity index (χ2n) is 7.12. The van der Waals surface area contributed by atoms with E-state index in [0.29, 0.717) is 6.61 Å². The van der Waals surface area contributed by atoms with E-state index in [0.717, 1.165) is 11.3 Å². The summed E-state index contributed by atoms with van der Waals surface area (Å²) in [5.41, 5.74) is 1.71. The third-order valence-electron chi connectivity index (χ3n) is 4.62. The van der Waals surface area contributed by atoms with Gasteiger partial charge in [-0.3, -0.25) is 0 Å². The first-order valence-electron chi connectivity index (χ1n) is 8.64. The zero-order valence-electron chi connectivity index (χ0n) is 15.3. The Morgan fingerprint density at radius 3 is 2.08 bits per heavy atom. The predicted octanol–water partition coefficient (Wildman–Crippen LogP) is 4.51. The van der Waals surface area contributed by atoms with Crippen LogP contribution in [0.1, 0.15) is 38.8 Å². The lowest BCUT2D eigenvalue weighted by Gasteiger charge is -2.45. The van der Waals surface area contributed by atoms with Crippen LogP contribution in [0.25, 0.3) is 0 Å². The molecule has 0 aliphatic rings. The minimum atomic E-state index is -0.477. The third-order valence-corrected chi connectivity index (χ3v) is 4.62. The second kappa shape index (κ2) is 6.71. The molecule has 0 N–H and O–H groups in total. The van der Waals surface area contributed by atoms with E-state index in [9.17, 15) is 0 Å². The number of rotatable bonds is 5. The highest BCUT2D eigenvalue weighted by Gasteiger charge is 2.47. The number of nitrogens with zero attached hydrogens (tertiary/aromatic N) is 3. The molecule has 1 heterocycles. The summed E-state index contributed by atoms with van der Waals surface area (Å²) >= 11 is 0. The summed E-state index contributed by atoms with van der Waals surface area (Å²) in [5.74, 6) is 0.876. The Labute approximate surface area is 149 Å². The van der Waals surface area contributed by atoms with E-state index in [-0.39, 0.29) is 5.41 Å². The van der Waals surface area contributed by atoms with Gasteiger partial charge in [-0.2, -0.15) is 5.10 Å². The lowest BCUT2D eigenvalue weighted by Crippen LogP contribution is -2.48. The zero-order valence-corrected chi connectivity index (χ0v) is 15.3. The van der Waals surface area contributed by atoms with Gasteiger partial charge >= 0.3 is 0 Å². The van der Waals surface area contributed by atoms with Crippen molar-refractivity contribution in [3.8, 4) is 5.75 Å². The standard InChI is InChI=1S/C21H25N3O/c1-5-25-19-13-11-18(12-14-19)21(20(2,3)4,24-16-22-15-23-24)17-9-7-6-8-10-17/h6-16H,5H2,1-4H3. The average Bonchev–Trinajstić information content (AvgIpc) is 3.12. The monoisotopic (exact) mass is 335 g/mol. The normalized spacial score (nSPS) is 14.1. The van der Waals surface area contributed by atoms with Gasteiger partial charge in [0, 0.05) is 0 Å². The van der Waals surface area contributed by atoms with E-state index in [1.54, 1.807) is 12.7 Å². The van der Waals surface area contributed by atoms with Crippen molar-refractivity contribution in [3.63, 3.8) is 0 Å². The summed E-state index contributed by atoms with van der Waals surface area (Å²) in [6.45, 7) is 9.35. The van der Waals surface area contributed by atoms with Gasteiger partial charge in [0.15, 0.2) is 0 Å². The van der Waals surface area contributed by atoms with Gasteiger partial charge in [0.25, 0.3) is 0 Å². The van der Waals surface area contributed by atoms with Crippen LogP contribution in [-0.2, 0) is 5.54 Å². The Balaban J connectivity index is 2.28. The molecular weight excluding hydrogens is 310 g/mol. The van der Waals surface area contributed by atoms with Crippen LogP contribution < -0.4 is 4.74 Å². The summed E-state index contributed by atoms with van der Waals surface area (Å²) in [6.07, 6.45) is 3.40. The Kier molecular flexibility index (Phi) is 4.62.